The van der Waals surface area contributed by atoms with Crippen LogP contribution in [0.1, 0.15) is 18.5 Å². The summed E-state index contributed by atoms with van der Waals surface area (Å²) in [5.74, 6) is 0.243. The van der Waals surface area contributed by atoms with Gasteiger partial charge in [-0.2, -0.15) is 5.26 Å². The van der Waals surface area contributed by atoms with Crippen molar-refractivity contribution in [1.82, 2.24) is 19.4 Å². The number of fused-ring (bicyclic) bond motifs is 1. The van der Waals surface area contributed by atoms with Crippen LogP contribution in [0.5, 0.6) is 0 Å². The lowest BCUT2D eigenvalue weighted by atomic mass is 10.1. The Bertz CT molecular complexity index is 1570. The lowest BCUT2D eigenvalue weighted by Gasteiger charge is -2.37. The predicted octanol–water partition coefficient (Wildman–Crippen LogP) is 3.01. The van der Waals surface area contributed by atoms with Gasteiger partial charge in [-0.25, -0.2) is 18.4 Å². The largest absolute Gasteiger partial charge is 0.368 e. The Labute approximate surface area is 214 Å². The summed E-state index contributed by atoms with van der Waals surface area (Å²) >= 11 is 0. The van der Waals surface area contributed by atoms with Crippen LogP contribution in [0, 0.1) is 11.3 Å². The summed E-state index contributed by atoms with van der Waals surface area (Å²) in [7, 11) is -3.76. The van der Waals surface area contributed by atoms with Crippen LogP contribution in [-0.2, 0) is 14.8 Å². The van der Waals surface area contributed by atoms with Gasteiger partial charge in [-0.15, -0.1) is 0 Å². The lowest BCUT2D eigenvalue weighted by Crippen LogP contribution is -2.50. The number of amides is 1. The van der Waals surface area contributed by atoms with Crippen LogP contribution >= 0.6 is 0 Å². The molecule has 0 bridgehead atoms. The SMILES string of the molecule is CC(C(=O)N1CCN(c2ccc(S(=O)(=O)Nc3ccncn3)cc2)CC1)n1ccc2cc(C#N)ccc21. The van der Waals surface area contributed by atoms with Gasteiger partial charge in [-0.3, -0.25) is 9.52 Å². The third-order valence-corrected chi connectivity index (χ3v) is 7.92. The maximum atomic E-state index is 13.3. The maximum Gasteiger partial charge on any atom is 0.263 e. The Morgan fingerprint density at radius 2 is 1.81 bits per heavy atom. The molecule has 5 rings (SSSR count). The van der Waals surface area contributed by atoms with Crippen LogP contribution < -0.4 is 9.62 Å². The first-order chi connectivity index (χ1) is 17.9. The molecule has 1 unspecified atom stereocenters. The average Bonchev–Trinajstić information content (AvgIpc) is 3.36. The fourth-order valence-corrected chi connectivity index (χ4v) is 5.53. The van der Waals surface area contributed by atoms with Gasteiger partial charge >= 0.3 is 0 Å². The fourth-order valence-electron chi connectivity index (χ4n) is 4.52. The molecule has 1 aliphatic heterocycles. The van der Waals surface area contributed by atoms with Gasteiger partial charge in [0.2, 0.25) is 5.91 Å². The molecular formula is C26H25N7O3S. The monoisotopic (exact) mass is 515 g/mol. The van der Waals surface area contributed by atoms with Gasteiger partial charge in [-0.1, -0.05) is 0 Å². The van der Waals surface area contributed by atoms with E-state index >= 15 is 0 Å². The summed E-state index contributed by atoms with van der Waals surface area (Å²) in [5, 5.41) is 10.1. The molecule has 0 aliphatic carbocycles. The normalized spacial score (nSPS) is 14.8. The molecule has 37 heavy (non-hydrogen) atoms. The molecule has 2 aromatic heterocycles. The van der Waals surface area contributed by atoms with E-state index in [1.54, 1.807) is 30.3 Å². The number of sulfonamides is 1. The minimum absolute atomic E-state index is 0.0405. The minimum atomic E-state index is -3.76. The van der Waals surface area contributed by atoms with Gasteiger partial charge in [0.25, 0.3) is 10.0 Å². The van der Waals surface area contributed by atoms with Crippen molar-refractivity contribution in [2.45, 2.75) is 17.9 Å². The zero-order chi connectivity index (χ0) is 26.0. The first-order valence-electron chi connectivity index (χ1n) is 11.8. The van der Waals surface area contributed by atoms with E-state index < -0.39 is 10.0 Å². The number of carbonyl (C=O) groups excluding carboxylic acids is 1. The highest BCUT2D eigenvalue weighted by molar-refractivity contribution is 7.92. The fraction of sp³-hybridized carbons (Fsp3) is 0.231. The van der Waals surface area contributed by atoms with E-state index in [1.807, 2.05) is 40.8 Å². The number of rotatable bonds is 6. The summed E-state index contributed by atoms with van der Waals surface area (Å²) in [6, 6.07) is 17.3. The number of piperazine rings is 1. The van der Waals surface area contributed by atoms with Crippen molar-refractivity contribution in [2.75, 3.05) is 35.8 Å². The number of nitrogens with zero attached hydrogens (tertiary/aromatic N) is 6. The number of hydrogen-bond acceptors (Lipinski definition) is 7. The van der Waals surface area contributed by atoms with E-state index in [4.69, 9.17) is 5.26 Å². The van der Waals surface area contributed by atoms with Crippen LogP contribution in [0.15, 0.2) is 78.2 Å². The van der Waals surface area contributed by atoms with Crippen LogP contribution in [0.2, 0.25) is 0 Å². The topological polar surface area (TPSA) is 124 Å². The number of aromatic nitrogens is 3. The second-order valence-corrected chi connectivity index (χ2v) is 10.5. The van der Waals surface area contributed by atoms with Crippen molar-refractivity contribution in [2.24, 2.45) is 0 Å². The second kappa shape index (κ2) is 9.91. The van der Waals surface area contributed by atoms with E-state index in [9.17, 15) is 13.2 Å². The van der Waals surface area contributed by atoms with Crippen LogP contribution in [0.4, 0.5) is 11.5 Å². The molecule has 3 heterocycles. The summed E-state index contributed by atoms with van der Waals surface area (Å²) in [6.07, 6.45) is 4.63. The highest BCUT2D eigenvalue weighted by Crippen LogP contribution is 2.25. The number of anilines is 2. The first-order valence-corrected chi connectivity index (χ1v) is 13.3. The van der Waals surface area contributed by atoms with Crippen LogP contribution in [0.3, 0.4) is 0 Å². The average molecular weight is 516 g/mol. The Morgan fingerprint density at radius 1 is 1.05 bits per heavy atom. The molecule has 1 aliphatic rings. The summed E-state index contributed by atoms with van der Waals surface area (Å²) in [5.41, 5.74) is 2.40. The minimum Gasteiger partial charge on any atom is -0.368 e. The summed E-state index contributed by atoms with van der Waals surface area (Å²) in [4.78, 5) is 25.1. The van der Waals surface area contributed by atoms with Crippen molar-refractivity contribution in [3.63, 3.8) is 0 Å². The molecule has 0 radical (unpaired) electrons. The van der Waals surface area contributed by atoms with Crippen molar-refractivity contribution in [3.8, 4) is 6.07 Å². The van der Waals surface area contributed by atoms with Crippen LogP contribution in [-0.4, -0.2) is 59.9 Å². The molecule has 0 saturated carbocycles. The lowest BCUT2D eigenvalue weighted by molar-refractivity contribution is -0.134. The molecule has 1 saturated heterocycles. The van der Waals surface area contributed by atoms with Crippen molar-refractivity contribution in [3.05, 3.63) is 78.9 Å². The van der Waals surface area contributed by atoms with Gasteiger partial charge in [0, 0.05) is 55.2 Å². The molecule has 188 valence electrons. The van der Waals surface area contributed by atoms with E-state index in [1.165, 1.54) is 18.6 Å². The Balaban J connectivity index is 1.21. The number of carbonyl (C=O) groups is 1. The Hall–Kier alpha value is -4.43. The molecule has 1 fully saturated rings. The van der Waals surface area contributed by atoms with Gasteiger partial charge in [0.15, 0.2) is 0 Å². The molecule has 2 aromatic carbocycles. The highest BCUT2D eigenvalue weighted by atomic mass is 32.2. The van der Waals surface area contributed by atoms with E-state index in [-0.39, 0.29) is 22.7 Å². The third-order valence-electron chi connectivity index (χ3n) is 6.55. The zero-order valence-corrected chi connectivity index (χ0v) is 21.0. The Kier molecular flexibility index (Phi) is 6.50. The van der Waals surface area contributed by atoms with Crippen molar-refractivity contribution in [1.29, 1.82) is 5.26 Å². The van der Waals surface area contributed by atoms with Gasteiger partial charge in [-0.05, 0) is 61.5 Å². The van der Waals surface area contributed by atoms with Gasteiger partial charge in [0.1, 0.15) is 18.2 Å². The molecule has 1 amide bonds. The van der Waals surface area contributed by atoms with Gasteiger partial charge < -0.3 is 14.4 Å². The highest BCUT2D eigenvalue weighted by Gasteiger charge is 2.27. The molecule has 10 nitrogen and oxygen atoms in total. The smallest absolute Gasteiger partial charge is 0.263 e. The van der Waals surface area contributed by atoms with Crippen molar-refractivity contribution < 1.29 is 13.2 Å². The van der Waals surface area contributed by atoms with E-state index in [0.29, 0.717) is 31.7 Å². The molecule has 11 heteroatoms. The van der Waals surface area contributed by atoms with Gasteiger partial charge in [0.05, 0.1) is 16.5 Å². The summed E-state index contributed by atoms with van der Waals surface area (Å²) < 4.78 is 29.7. The third kappa shape index (κ3) is 4.96. The quantitative estimate of drug-likeness (QED) is 0.419. The molecular weight excluding hydrogens is 490 g/mol. The molecule has 0 spiro atoms. The number of nitrogens with one attached hydrogen (secondary N) is 1. The maximum absolute atomic E-state index is 13.3. The standard InChI is InChI=1S/C26H25N7O3S/c1-19(33-11-9-21-16-20(17-27)2-7-24(21)33)26(34)32-14-12-31(13-15-32)22-3-5-23(6-4-22)37(35,36)30-25-8-10-28-18-29-25/h2-11,16,18-19H,12-15H2,1H3,(H,28,29,30). The molecule has 1 atom stereocenters. The summed E-state index contributed by atoms with van der Waals surface area (Å²) in [6.45, 7) is 4.30. The van der Waals surface area contributed by atoms with E-state index in [2.05, 4.69) is 25.7 Å². The zero-order valence-electron chi connectivity index (χ0n) is 20.2. The second-order valence-electron chi connectivity index (χ2n) is 8.79. The predicted molar refractivity (Wildman–Crippen MR) is 139 cm³/mol. The number of hydrogen-bond donors (Lipinski definition) is 1. The van der Waals surface area contributed by atoms with Crippen LogP contribution in [0.25, 0.3) is 10.9 Å². The molecule has 1 N–H and O–H groups in total. The van der Waals surface area contributed by atoms with E-state index in [0.717, 1.165) is 16.6 Å². The number of benzene rings is 2. The van der Waals surface area contributed by atoms with Crippen molar-refractivity contribution >= 4 is 38.3 Å². The molecule has 4 aromatic rings. The Morgan fingerprint density at radius 3 is 2.49 bits per heavy atom. The number of nitriles is 1. The first kappa shape index (κ1) is 24.3.